The molecule has 1 unspecified atom stereocenters. The number of phenols is 1. The summed E-state index contributed by atoms with van der Waals surface area (Å²) < 4.78 is 0. The number of rotatable bonds is 3. The van der Waals surface area contributed by atoms with Crippen LogP contribution in [0.3, 0.4) is 0 Å². The molecule has 150 valence electrons. The fourth-order valence-corrected chi connectivity index (χ4v) is 5.36. The Balaban J connectivity index is 0.00000205. The van der Waals surface area contributed by atoms with Gasteiger partial charge in [0.1, 0.15) is 5.75 Å². The van der Waals surface area contributed by atoms with Gasteiger partial charge in [-0.1, -0.05) is 67.1 Å². The van der Waals surface area contributed by atoms with Crippen LogP contribution in [-0.4, -0.2) is 23.6 Å². The van der Waals surface area contributed by atoms with Crippen molar-refractivity contribution < 1.29 is 5.11 Å². The molecule has 0 aromatic heterocycles. The SMILES string of the molecule is CN1CCc2cc(O)ccc2C1C1(c2ccc(-c3ccccc3)cc2)CCC1.Cl. The van der Waals surface area contributed by atoms with Gasteiger partial charge in [0, 0.05) is 18.0 Å². The molecule has 1 saturated carbocycles. The lowest BCUT2D eigenvalue weighted by atomic mass is 9.57. The zero-order valence-electron chi connectivity index (χ0n) is 16.8. The molecule has 1 fully saturated rings. The highest BCUT2D eigenvalue weighted by atomic mass is 35.5. The number of nitrogens with zero attached hydrogens (tertiary/aromatic N) is 1. The van der Waals surface area contributed by atoms with Crippen molar-refractivity contribution in [1.82, 2.24) is 4.90 Å². The summed E-state index contributed by atoms with van der Waals surface area (Å²) >= 11 is 0. The Morgan fingerprint density at radius 1 is 0.897 bits per heavy atom. The van der Waals surface area contributed by atoms with E-state index >= 15 is 0 Å². The van der Waals surface area contributed by atoms with Crippen LogP contribution in [0.4, 0.5) is 0 Å². The molecule has 2 nitrogen and oxygen atoms in total. The smallest absolute Gasteiger partial charge is 0.115 e. The second kappa shape index (κ2) is 7.85. The first-order chi connectivity index (χ1) is 13.7. The van der Waals surface area contributed by atoms with Crippen LogP contribution in [0.5, 0.6) is 5.75 Å². The van der Waals surface area contributed by atoms with Gasteiger partial charge in [-0.2, -0.15) is 0 Å². The summed E-state index contributed by atoms with van der Waals surface area (Å²) in [5.74, 6) is 0.386. The molecule has 1 N–H and O–H groups in total. The monoisotopic (exact) mass is 405 g/mol. The second-order valence-electron chi connectivity index (χ2n) is 8.47. The van der Waals surface area contributed by atoms with Crippen molar-refractivity contribution >= 4 is 12.4 Å². The fourth-order valence-electron chi connectivity index (χ4n) is 5.36. The Hall–Kier alpha value is -2.29. The maximum atomic E-state index is 9.96. The molecule has 1 atom stereocenters. The Morgan fingerprint density at radius 3 is 2.24 bits per heavy atom. The lowest BCUT2D eigenvalue weighted by Crippen LogP contribution is -2.49. The average molecular weight is 406 g/mol. The molecular formula is C26H28ClNO. The molecule has 3 aromatic carbocycles. The number of hydrogen-bond acceptors (Lipinski definition) is 2. The van der Waals surface area contributed by atoms with E-state index in [1.807, 2.05) is 12.1 Å². The van der Waals surface area contributed by atoms with Crippen LogP contribution >= 0.6 is 12.4 Å². The van der Waals surface area contributed by atoms with Gasteiger partial charge >= 0.3 is 0 Å². The van der Waals surface area contributed by atoms with E-state index in [1.54, 1.807) is 0 Å². The summed E-state index contributed by atoms with van der Waals surface area (Å²) in [6.07, 6.45) is 4.76. The van der Waals surface area contributed by atoms with Crippen LogP contribution < -0.4 is 0 Å². The first-order valence-electron chi connectivity index (χ1n) is 10.4. The van der Waals surface area contributed by atoms with E-state index in [4.69, 9.17) is 0 Å². The maximum Gasteiger partial charge on any atom is 0.115 e. The van der Waals surface area contributed by atoms with E-state index in [1.165, 1.54) is 47.1 Å². The molecule has 3 heteroatoms. The summed E-state index contributed by atoms with van der Waals surface area (Å²) in [6, 6.07) is 26.2. The van der Waals surface area contributed by atoms with Crippen LogP contribution in [0.25, 0.3) is 11.1 Å². The van der Waals surface area contributed by atoms with Gasteiger partial charge in [0.2, 0.25) is 0 Å². The zero-order valence-corrected chi connectivity index (χ0v) is 17.7. The number of phenolic OH excluding ortho intramolecular Hbond substituents is 1. The van der Waals surface area contributed by atoms with E-state index in [0.717, 1.165) is 13.0 Å². The first-order valence-corrected chi connectivity index (χ1v) is 10.4. The minimum Gasteiger partial charge on any atom is -0.508 e. The van der Waals surface area contributed by atoms with Gasteiger partial charge in [-0.25, -0.2) is 0 Å². The van der Waals surface area contributed by atoms with Gasteiger partial charge in [0.15, 0.2) is 0 Å². The van der Waals surface area contributed by atoms with Crippen molar-refractivity contribution in [2.45, 2.75) is 37.1 Å². The minimum atomic E-state index is 0. The number of hydrogen-bond donors (Lipinski definition) is 1. The van der Waals surface area contributed by atoms with Crippen LogP contribution in [0.15, 0.2) is 72.8 Å². The summed E-state index contributed by atoms with van der Waals surface area (Å²) in [6.45, 7) is 1.05. The molecule has 5 rings (SSSR count). The van der Waals surface area contributed by atoms with Gasteiger partial charge in [-0.15, -0.1) is 12.4 Å². The number of fused-ring (bicyclic) bond motifs is 1. The van der Waals surface area contributed by atoms with Crippen molar-refractivity contribution in [3.63, 3.8) is 0 Å². The van der Waals surface area contributed by atoms with Gasteiger partial charge in [0.05, 0.1) is 0 Å². The average Bonchev–Trinajstić information content (AvgIpc) is 2.70. The van der Waals surface area contributed by atoms with Crippen LogP contribution in [0.2, 0.25) is 0 Å². The molecule has 0 spiro atoms. The summed E-state index contributed by atoms with van der Waals surface area (Å²) in [4.78, 5) is 2.53. The highest BCUT2D eigenvalue weighted by molar-refractivity contribution is 5.85. The van der Waals surface area contributed by atoms with E-state index in [0.29, 0.717) is 11.8 Å². The van der Waals surface area contributed by atoms with E-state index in [9.17, 15) is 5.11 Å². The molecule has 2 aliphatic rings. The molecule has 3 aromatic rings. The highest BCUT2D eigenvalue weighted by Gasteiger charge is 2.49. The van der Waals surface area contributed by atoms with E-state index in [-0.39, 0.29) is 17.8 Å². The standard InChI is InChI=1S/C26H27NO.ClH/c1-27-17-14-21-18-23(28)12-13-24(21)25(27)26(15-5-16-26)22-10-8-20(9-11-22)19-6-3-2-4-7-19;/h2-4,6-13,18,25,28H,5,14-17H2,1H3;1H. The number of benzene rings is 3. The van der Waals surface area contributed by atoms with Crippen molar-refractivity contribution in [1.29, 1.82) is 0 Å². The molecule has 0 radical (unpaired) electrons. The molecule has 1 aliphatic carbocycles. The highest BCUT2D eigenvalue weighted by Crippen LogP contribution is 2.56. The second-order valence-corrected chi connectivity index (χ2v) is 8.47. The molecule has 1 aliphatic heterocycles. The topological polar surface area (TPSA) is 23.5 Å². The number of aromatic hydroxyl groups is 1. The number of halogens is 1. The van der Waals surface area contributed by atoms with Crippen LogP contribution in [0, 0.1) is 0 Å². The van der Waals surface area contributed by atoms with Crippen LogP contribution in [-0.2, 0) is 11.8 Å². The zero-order chi connectivity index (χ0) is 19.1. The Morgan fingerprint density at radius 2 is 1.59 bits per heavy atom. The van der Waals surface area contributed by atoms with Crippen molar-refractivity contribution in [2.24, 2.45) is 0 Å². The third-order valence-electron chi connectivity index (χ3n) is 6.93. The number of likely N-dealkylation sites (N-methyl/N-ethyl adjacent to an activating group) is 1. The van der Waals surface area contributed by atoms with Gasteiger partial charge < -0.3 is 5.11 Å². The van der Waals surface area contributed by atoms with Crippen molar-refractivity contribution in [2.75, 3.05) is 13.6 Å². The molecule has 0 amide bonds. The largest absolute Gasteiger partial charge is 0.508 e. The summed E-state index contributed by atoms with van der Waals surface area (Å²) in [7, 11) is 2.26. The van der Waals surface area contributed by atoms with Gasteiger partial charge in [0.25, 0.3) is 0 Å². The fraction of sp³-hybridized carbons (Fsp3) is 0.308. The van der Waals surface area contributed by atoms with Gasteiger partial charge in [-0.05, 0) is 66.3 Å². The molecular weight excluding hydrogens is 378 g/mol. The molecule has 1 heterocycles. The quantitative estimate of drug-likeness (QED) is 0.566. The van der Waals surface area contributed by atoms with Crippen molar-refractivity contribution in [3.05, 3.63) is 89.5 Å². The lowest BCUT2D eigenvalue weighted by Gasteiger charge is -2.53. The summed E-state index contributed by atoms with van der Waals surface area (Å²) in [5, 5.41) is 9.96. The maximum absolute atomic E-state index is 9.96. The lowest BCUT2D eigenvalue weighted by molar-refractivity contribution is 0.0717. The summed E-state index contributed by atoms with van der Waals surface area (Å²) in [5.41, 5.74) is 6.90. The Kier molecular flexibility index (Phi) is 5.42. The Labute approximate surface area is 179 Å². The van der Waals surface area contributed by atoms with E-state index in [2.05, 4.69) is 72.6 Å². The normalized spacial score (nSPS) is 20.2. The first kappa shape index (κ1) is 20.0. The van der Waals surface area contributed by atoms with Gasteiger partial charge in [-0.3, -0.25) is 4.90 Å². The third-order valence-corrected chi connectivity index (χ3v) is 6.93. The molecule has 0 bridgehead atoms. The minimum absolute atomic E-state index is 0. The molecule has 29 heavy (non-hydrogen) atoms. The predicted octanol–water partition coefficient (Wildman–Crippen LogP) is 6.13. The molecule has 0 saturated heterocycles. The van der Waals surface area contributed by atoms with Crippen molar-refractivity contribution in [3.8, 4) is 16.9 Å². The van der Waals surface area contributed by atoms with Crippen LogP contribution in [0.1, 0.15) is 42.0 Å². The Bertz CT molecular complexity index is 979. The third kappa shape index (κ3) is 3.35. The van der Waals surface area contributed by atoms with E-state index < -0.39 is 0 Å². The predicted molar refractivity (Wildman–Crippen MR) is 122 cm³/mol.